The van der Waals surface area contributed by atoms with Gasteiger partial charge in [-0.05, 0) is 42.6 Å². The molecule has 4 aliphatic carbocycles. The van der Waals surface area contributed by atoms with E-state index in [0.717, 1.165) is 0 Å². The first-order valence-corrected chi connectivity index (χ1v) is 10.2. The van der Waals surface area contributed by atoms with E-state index in [9.17, 15) is 25.2 Å². The summed E-state index contributed by atoms with van der Waals surface area (Å²) in [7, 11) is 1.43. The van der Waals surface area contributed by atoms with Crippen LogP contribution in [0, 0.1) is 34.0 Å². The molecule has 0 radical (unpaired) electrons. The molecule has 28 heavy (non-hydrogen) atoms. The fourth-order valence-corrected chi connectivity index (χ4v) is 8.15. The maximum Gasteiger partial charge on any atom is 0.208 e. The van der Waals surface area contributed by atoms with Gasteiger partial charge in [0.25, 0.3) is 0 Å². The lowest BCUT2D eigenvalue weighted by Crippen LogP contribution is -2.87. The second-order valence-corrected chi connectivity index (χ2v) is 10.4. The predicted octanol–water partition coefficient (Wildman–Crippen LogP) is 0.348. The van der Waals surface area contributed by atoms with E-state index in [1.54, 1.807) is 0 Å². The van der Waals surface area contributed by atoms with Gasteiger partial charge in [0.15, 0.2) is 12.1 Å². The number of aliphatic hydroxyl groups excluding tert-OH is 3. The van der Waals surface area contributed by atoms with Crippen LogP contribution in [0.25, 0.3) is 0 Å². The minimum Gasteiger partial charge on any atom is -0.393 e. The average molecular weight is 394 g/mol. The summed E-state index contributed by atoms with van der Waals surface area (Å²) in [4.78, 5) is 13.5. The molecule has 2 saturated heterocycles. The molecule has 0 amide bonds. The normalized spacial score (nSPS) is 59.2. The number of Topliss-reactive ketones (excluding diaryl/α,β-unsaturated/α-hetero) is 1. The van der Waals surface area contributed by atoms with E-state index >= 15 is 0 Å². The van der Waals surface area contributed by atoms with Gasteiger partial charge in [0.1, 0.15) is 6.10 Å². The van der Waals surface area contributed by atoms with Gasteiger partial charge in [-0.3, -0.25) is 4.79 Å². The summed E-state index contributed by atoms with van der Waals surface area (Å²) in [5.74, 6) is -4.20. The van der Waals surface area contributed by atoms with Crippen LogP contribution in [0.5, 0.6) is 0 Å². The summed E-state index contributed by atoms with van der Waals surface area (Å²) in [5.41, 5.74) is -2.81. The van der Waals surface area contributed by atoms with Gasteiger partial charge in [0.2, 0.25) is 5.79 Å². The number of fused-ring (bicyclic) bond motifs is 2. The van der Waals surface area contributed by atoms with Crippen molar-refractivity contribution in [3.63, 3.8) is 0 Å². The number of methoxy groups -OCH3 is 1. The number of allylic oxidation sites excluding steroid dienone is 1. The van der Waals surface area contributed by atoms with Crippen LogP contribution < -0.4 is 0 Å². The van der Waals surface area contributed by atoms with Crippen LogP contribution in [0.15, 0.2) is 12.2 Å². The summed E-state index contributed by atoms with van der Waals surface area (Å²) in [6.45, 7) is 7.91. The number of carbonyl (C=O) groups excluding carboxylic acids is 1. The Hall–Kier alpha value is -0.830. The molecule has 0 aromatic rings. The third-order valence-electron chi connectivity index (χ3n) is 9.02. The Balaban J connectivity index is 1.85. The van der Waals surface area contributed by atoms with Gasteiger partial charge < -0.3 is 29.9 Å². The van der Waals surface area contributed by atoms with Crippen molar-refractivity contribution in [2.45, 2.75) is 69.9 Å². The van der Waals surface area contributed by atoms with Crippen molar-refractivity contribution in [2.75, 3.05) is 7.11 Å². The molecular weight excluding hydrogens is 364 g/mol. The molecule has 6 rings (SSSR count). The Morgan fingerprint density at radius 1 is 1.21 bits per heavy atom. The van der Waals surface area contributed by atoms with E-state index in [0.29, 0.717) is 24.8 Å². The number of ether oxygens (including phenoxy) is 2. The van der Waals surface area contributed by atoms with Gasteiger partial charge in [0, 0.05) is 18.9 Å². The number of rotatable bonds is 1. The van der Waals surface area contributed by atoms with Crippen LogP contribution in [0.2, 0.25) is 0 Å². The summed E-state index contributed by atoms with van der Waals surface area (Å²) in [6, 6.07) is 0. The van der Waals surface area contributed by atoms with Crippen LogP contribution >= 0.6 is 0 Å². The zero-order valence-electron chi connectivity index (χ0n) is 16.6. The summed E-state index contributed by atoms with van der Waals surface area (Å²) in [5, 5.41) is 45.9. The molecule has 6 fully saturated rings. The predicted molar refractivity (Wildman–Crippen MR) is 96.6 cm³/mol. The number of aliphatic hydroxyl groups is 4. The topological polar surface area (TPSA) is 116 Å². The second kappa shape index (κ2) is 5.25. The van der Waals surface area contributed by atoms with E-state index in [4.69, 9.17) is 9.47 Å². The number of hydrogen-bond donors (Lipinski definition) is 4. The van der Waals surface area contributed by atoms with E-state index in [1.807, 2.05) is 13.8 Å². The average Bonchev–Trinajstić information content (AvgIpc) is 2.82. The first-order valence-electron chi connectivity index (χ1n) is 10.2. The zero-order chi connectivity index (χ0) is 20.4. The first kappa shape index (κ1) is 19.2. The molecule has 2 spiro atoms. The molecule has 4 saturated carbocycles. The lowest BCUT2D eigenvalue weighted by molar-refractivity contribution is -0.508. The van der Waals surface area contributed by atoms with Crippen LogP contribution in [0.1, 0.15) is 39.5 Å². The molecule has 0 aromatic carbocycles. The van der Waals surface area contributed by atoms with Crippen molar-refractivity contribution in [2.24, 2.45) is 34.0 Å². The molecule has 0 aromatic heterocycles. The highest BCUT2D eigenvalue weighted by Gasteiger charge is 2.88. The van der Waals surface area contributed by atoms with Crippen LogP contribution in [-0.2, 0) is 14.3 Å². The van der Waals surface area contributed by atoms with Crippen molar-refractivity contribution in [1.29, 1.82) is 0 Å². The van der Waals surface area contributed by atoms with Gasteiger partial charge in [-0.2, -0.15) is 0 Å². The van der Waals surface area contributed by atoms with Gasteiger partial charge in [0.05, 0.1) is 23.0 Å². The van der Waals surface area contributed by atoms with E-state index in [1.165, 1.54) is 7.11 Å². The third kappa shape index (κ3) is 1.66. The summed E-state index contributed by atoms with van der Waals surface area (Å²) in [6.07, 6.45) is -2.61. The molecule has 10 atom stereocenters. The second-order valence-electron chi connectivity index (χ2n) is 10.4. The number of ketones is 1. The highest BCUT2D eigenvalue weighted by atomic mass is 16.7. The summed E-state index contributed by atoms with van der Waals surface area (Å²) >= 11 is 0. The maximum atomic E-state index is 13.5. The molecule has 156 valence electrons. The lowest BCUT2D eigenvalue weighted by Gasteiger charge is -2.76. The lowest BCUT2D eigenvalue weighted by atomic mass is 9.35. The standard InChI is InChI=1S/C21H30O7/c1-9-10-7-11(22)13-19(8-10,15(9)24)21(26)16(25)14-18(2,3)6-5-12(23)20(13,14)17(27-4)28-21/h10-14,16-17,22-23,25-26H,1,5-8H2,2-4H3/t10-,11+,12+,13-,14-,16+,17+,19+,20-,21-/m1/s1. The fraction of sp³-hybridized carbons (Fsp3) is 0.857. The molecule has 2 heterocycles. The SMILES string of the molecule is C=C1C(=O)[C@]23C[C@H]1C[C@H](O)[C@H]2[C@@]12[C@@H](OC)O[C@]3(O)[C@@H](O)[C@@H]1C(C)(C)CC[C@@H]2O. The molecule has 7 nitrogen and oxygen atoms in total. The third-order valence-corrected chi connectivity index (χ3v) is 9.02. The van der Waals surface area contributed by atoms with Gasteiger partial charge in [-0.25, -0.2) is 0 Å². The van der Waals surface area contributed by atoms with Crippen molar-refractivity contribution < 1.29 is 34.7 Å². The molecule has 0 unspecified atom stereocenters. The monoisotopic (exact) mass is 394 g/mol. The number of hydrogen-bond acceptors (Lipinski definition) is 7. The Morgan fingerprint density at radius 2 is 1.89 bits per heavy atom. The van der Waals surface area contributed by atoms with E-state index in [2.05, 4.69) is 6.58 Å². The smallest absolute Gasteiger partial charge is 0.208 e. The number of carbonyl (C=O) groups is 1. The highest BCUT2D eigenvalue weighted by molar-refractivity contribution is 6.04. The molecule has 6 aliphatic rings. The summed E-state index contributed by atoms with van der Waals surface area (Å²) < 4.78 is 11.6. The Labute approximate surface area is 164 Å². The van der Waals surface area contributed by atoms with Crippen molar-refractivity contribution in [3.05, 3.63) is 12.2 Å². The fourth-order valence-electron chi connectivity index (χ4n) is 8.15. The van der Waals surface area contributed by atoms with Gasteiger partial charge >= 0.3 is 0 Å². The first-order chi connectivity index (χ1) is 13.0. The van der Waals surface area contributed by atoms with Crippen LogP contribution in [0.4, 0.5) is 0 Å². The Morgan fingerprint density at radius 3 is 2.54 bits per heavy atom. The van der Waals surface area contributed by atoms with Crippen molar-refractivity contribution in [1.82, 2.24) is 0 Å². The molecule has 4 bridgehead atoms. The van der Waals surface area contributed by atoms with Crippen LogP contribution in [0.3, 0.4) is 0 Å². The molecular formula is C21H30O7. The van der Waals surface area contributed by atoms with Crippen LogP contribution in [-0.4, -0.2) is 63.7 Å². The highest BCUT2D eigenvalue weighted by Crippen LogP contribution is 2.77. The van der Waals surface area contributed by atoms with Gasteiger partial charge in [-0.1, -0.05) is 20.4 Å². The quantitative estimate of drug-likeness (QED) is 0.474. The minimum absolute atomic E-state index is 0.262. The Bertz CT molecular complexity index is 764. The van der Waals surface area contributed by atoms with E-state index in [-0.39, 0.29) is 18.1 Å². The molecule has 4 N–H and O–H groups in total. The molecule has 7 heteroatoms. The van der Waals surface area contributed by atoms with Crippen molar-refractivity contribution in [3.8, 4) is 0 Å². The minimum atomic E-state index is -2.20. The zero-order valence-corrected chi connectivity index (χ0v) is 16.6. The van der Waals surface area contributed by atoms with Gasteiger partial charge in [-0.15, -0.1) is 0 Å². The van der Waals surface area contributed by atoms with Crippen molar-refractivity contribution >= 4 is 5.78 Å². The Kier molecular flexibility index (Phi) is 3.59. The van der Waals surface area contributed by atoms with E-state index < -0.39 is 58.5 Å². The largest absolute Gasteiger partial charge is 0.393 e. The molecule has 2 aliphatic heterocycles. The maximum absolute atomic E-state index is 13.5.